The quantitative estimate of drug-likeness (QED) is 0.872. The molecule has 0 atom stereocenters. The van der Waals surface area contributed by atoms with Crippen molar-refractivity contribution in [2.24, 2.45) is 5.73 Å². The highest BCUT2D eigenvalue weighted by Gasteiger charge is 2.29. The van der Waals surface area contributed by atoms with Crippen molar-refractivity contribution in [3.63, 3.8) is 0 Å². The Hall–Kier alpha value is -0.980. The number of halogens is 1. The molecule has 0 amide bonds. The van der Waals surface area contributed by atoms with E-state index in [9.17, 15) is 12.8 Å². The molecule has 0 saturated carbocycles. The van der Waals surface area contributed by atoms with Crippen LogP contribution in [0.2, 0.25) is 0 Å². The fraction of sp³-hybridized carbons (Fsp3) is 0.538. The van der Waals surface area contributed by atoms with Crippen LogP contribution in [0, 0.1) is 5.82 Å². The third-order valence-electron chi connectivity index (χ3n) is 2.89. The molecule has 19 heavy (non-hydrogen) atoms. The molecule has 1 rings (SSSR count). The Morgan fingerprint density at radius 2 is 2.00 bits per heavy atom. The molecule has 0 aliphatic heterocycles. The van der Waals surface area contributed by atoms with E-state index in [1.165, 1.54) is 22.5 Å². The van der Waals surface area contributed by atoms with Gasteiger partial charge in [-0.3, -0.25) is 0 Å². The Labute approximate surface area is 114 Å². The SMILES string of the molecule is CCCN(C(C)C)S(=O)(=O)c1cccc(F)c1CN. The van der Waals surface area contributed by atoms with Gasteiger partial charge in [0.25, 0.3) is 0 Å². The van der Waals surface area contributed by atoms with Gasteiger partial charge in [-0.2, -0.15) is 4.31 Å². The highest BCUT2D eigenvalue weighted by molar-refractivity contribution is 7.89. The van der Waals surface area contributed by atoms with Crippen molar-refractivity contribution in [2.75, 3.05) is 6.54 Å². The fourth-order valence-electron chi connectivity index (χ4n) is 1.98. The van der Waals surface area contributed by atoms with E-state index >= 15 is 0 Å². The molecule has 0 radical (unpaired) electrons. The summed E-state index contributed by atoms with van der Waals surface area (Å²) in [7, 11) is -3.71. The molecular weight excluding hydrogens is 267 g/mol. The number of sulfonamides is 1. The Bertz CT molecular complexity index is 529. The maximum atomic E-state index is 13.7. The molecule has 0 saturated heterocycles. The zero-order chi connectivity index (χ0) is 14.6. The molecule has 0 spiro atoms. The van der Waals surface area contributed by atoms with Gasteiger partial charge in [-0.05, 0) is 32.4 Å². The topological polar surface area (TPSA) is 63.4 Å². The minimum atomic E-state index is -3.71. The second kappa shape index (κ2) is 6.45. The maximum Gasteiger partial charge on any atom is 0.243 e. The number of hydrogen-bond acceptors (Lipinski definition) is 3. The molecule has 0 fully saturated rings. The predicted octanol–water partition coefficient (Wildman–Crippen LogP) is 2.09. The molecule has 0 heterocycles. The zero-order valence-corrected chi connectivity index (χ0v) is 12.4. The van der Waals surface area contributed by atoms with Crippen LogP contribution in [-0.2, 0) is 16.6 Å². The molecule has 0 aliphatic carbocycles. The summed E-state index contributed by atoms with van der Waals surface area (Å²) >= 11 is 0. The molecule has 1 aromatic rings. The summed E-state index contributed by atoms with van der Waals surface area (Å²) in [6, 6.07) is 3.84. The predicted molar refractivity (Wildman–Crippen MR) is 73.6 cm³/mol. The van der Waals surface area contributed by atoms with Gasteiger partial charge in [0.2, 0.25) is 10.0 Å². The standard InChI is InChI=1S/C13H21FN2O2S/c1-4-8-16(10(2)3)19(17,18)13-7-5-6-12(14)11(13)9-15/h5-7,10H,4,8-9,15H2,1-3H3. The molecule has 0 unspecified atom stereocenters. The number of nitrogens with two attached hydrogens (primary N) is 1. The molecule has 0 bridgehead atoms. The Morgan fingerprint density at radius 3 is 2.47 bits per heavy atom. The summed E-state index contributed by atoms with van der Waals surface area (Å²) in [5.41, 5.74) is 5.52. The van der Waals surface area contributed by atoms with Gasteiger partial charge in [-0.15, -0.1) is 0 Å². The van der Waals surface area contributed by atoms with E-state index < -0.39 is 15.8 Å². The zero-order valence-electron chi connectivity index (χ0n) is 11.6. The van der Waals surface area contributed by atoms with Crippen molar-refractivity contribution < 1.29 is 12.8 Å². The van der Waals surface area contributed by atoms with Gasteiger partial charge < -0.3 is 5.73 Å². The number of rotatable bonds is 6. The van der Waals surface area contributed by atoms with Crippen molar-refractivity contribution in [1.29, 1.82) is 0 Å². The van der Waals surface area contributed by atoms with Crippen molar-refractivity contribution in [3.05, 3.63) is 29.6 Å². The minimum absolute atomic E-state index is 0.0304. The van der Waals surface area contributed by atoms with Crippen LogP contribution in [0.5, 0.6) is 0 Å². The van der Waals surface area contributed by atoms with Crippen molar-refractivity contribution >= 4 is 10.0 Å². The summed E-state index contributed by atoms with van der Waals surface area (Å²) in [6.07, 6.45) is 0.699. The normalized spacial score (nSPS) is 12.4. The lowest BCUT2D eigenvalue weighted by Gasteiger charge is -2.26. The van der Waals surface area contributed by atoms with Gasteiger partial charge in [-0.25, -0.2) is 12.8 Å². The lowest BCUT2D eigenvalue weighted by molar-refractivity contribution is 0.353. The average Bonchev–Trinajstić information content (AvgIpc) is 2.34. The van der Waals surface area contributed by atoms with Gasteiger partial charge in [0.05, 0.1) is 4.90 Å². The third-order valence-corrected chi connectivity index (χ3v) is 5.05. The molecule has 4 nitrogen and oxygen atoms in total. The van der Waals surface area contributed by atoms with Crippen LogP contribution in [0.1, 0.15) is 32.8 Å². The largest absolute Gasteiger partial charge is 0.326 e. The van der Waals surface area contributed by atoms with E-state index in [1.54, 1.807) is 13.8 Å². The van der Waals surface area contributed by atoms with Gasteiger partial charge in [0, 0.05) is 24.7 Å². The van der Waals surface area contributed by atoms with Crippen LogP contribution in [0.4, 0.5) is 4.39 Å². The van der Waals surface area contributed by atoms with Crippen molar-refractivity contribution in [1.82, 2.24) is 4.31 Å². The first-order valence-corrected chi connectivity index (χ1v) is 7.79. The molecular formula is C13H21FN2O2S. The summed E-state index contributed by atoms with van der Waals surface area (Å²) in [4.78, 5) is -0.0304. The maximum absolute atomic E-state index is 13.7. The lowest BCUT2D eigenvalue weighted by Crippen LogP contribution is -2.38. The number of nitrogens with zero attached hydrogens (tertiary/aromatic N) is 1. The van der Waals surface area contributed by atoms with Gasteiger partial charge in [-0.1, -0.05) is 13.0 Å². The van der Waals surface area contributed by atoms with E-state index in [1.807, 2.05) is 6.92 Å². The molecule has 108 valence electrons. The van der Waals surface area contributed by atoms with E-state index in [-0.39, 0.29) is 23.0 Å². The second-order valence-electron chi connectivity index (χ2n) is 4.63. The second-order valence-corrected chi connectivity index (χ2v) is 6.49. The third kappa shape index (κ3) is 3.32. The highest BCUT2D eigenvalue weighted by Crippen LogP contribution is 2.24. The van der Waals surface area contributed by atoms with E-state index in [4.69, 9.17) is 5.73 Å². The van der Waals surface area contributed by atoms with Crippen LogP contribution < -0.4 is 5.73 Å². The van der Waals surface area contributed by atoms with Crippen LogP contribution in [0.25, 0.3) is 0 Å². The first-order valence-electron chi connectivity index (χ1n) is 6.35. The average molecular weight is 288 g/mol. The molecule has 0 aromatic heterocycles. The number of benzene rings is 1. The molecule has 6 heteroatoms. The van der Waals surface area contributed by atoms with Gasteiger partial charge >= 0.3 is 0 Å². The summed E-state index contributed by atoms with van der Waals surface area (Å²) < 4.78 is 40.2. The van der Waals surface area contributed by atoms with Crippen molar-refractivity contribution in [2.45, 2.75) is 44.7 Å². The Kier molecular flexibility index (Phi) is 5.46. The summed E-state index contributed by atoms with van der Waals surface area (Å²) in [6.45, 7) is 5.77. The first-order chi connectivity index (χ1) is 8.86. The van der Waals surface area contributed by atoms with Gasteiger partial charge in [0.1, 0.15) is 5.82 Å². The Morgan fingerprint density at radius 1 is 1.37 bits per heavy atom. The van der Waals surface area contributed by atoms with Crippen molar-refractivity contribution in [3.8, 4) is 0 Å². The number of hydrogen-bond donors (Lipinski definition) is 1. The van der Waals surface area contributed by atoms with E-state index in [0.29, 0.717) is 13.0 Å². The van der Waals surface area contributed by atoms with Crippen LogP contribution in [0.15, 0.2) is 23.1 Å². The van der Waals surface area contributed by atoms with Crippen LogP contribution >= 0.6 is 0 Å². The molecule has 0 aliphatic rings. The highest BCUT2D eigenvalue weighted by atomic mass is 32.2. The lowest BCUT2D eigenvalue weighted by atomic mass is 10.2. The fourth-order valence-corrected chi connectivity index (χ4v) is 3.95. The molecule has 1 aromatic carbocycles. The minimum Gasteiger partial charge on any atom is -0.326 e. The summed E-state index contributed by atoms with van der Waals surface area (Å²) in [5, 5.41) is 0. The van der Waals surface area contributed by atoms with Crippen LogP contribution in [0.3, 0.4) is 0 Å². The summed E-state index contributed by atoms with van der Waals surface area (Å²) in [5.74, 6) is -0.580. The Balaban J connectivity index is 3.37. The van der Waals surface area contributed by atoms with E-state index in [2.05, 4.69) is 0 Å². The van der Waals surface area contributed by atoms with E-state index in [0.717, 1.165) is 0 Å². The molecule has 2 N–H and O–H groups in total. The first kappa shape index (κ1) is 16.1. The van der Waals surface area contributed by atoms with Crippen LogP contribution in [-0.4, -0.2) is 25.3 Å². The van der Waals surface area contributed by atoms with Gasteiger partial charge in [0.15, 0.2) is 0 Å². The monoisotopic (exact) mass is 288 g/mol. The smallest absolute Gasteiger partial charge is 0.243 e.